The second-order valence-corrected chi connectivity index (χ2v) is 5.36. The molecule has 0 aliphatic heterocycles. The summed E-state index contributed by atoms with van der Waals surface area (Å²) in [7, 11) is 1.65. The SMILES string of the molecule is CCCCN(CC(O)c1ccccc1OC)C(C)CC. The summed E-state index contributed by atoms with van der Waals surface area (Å²) in [5.41, 5.74) is 0.875. The van der Waals surface area contributed by atoms with Gasteiger partial charge in [0, 0.05) is 18.2 Å². The van der Waals surface area contributed by atoms with Crippen LogP contribution in [0.15, 0.2) is 24.3 Å². The van der Waals surface area contributed by atoms with E-state index in [1.807, 2.05) is 24.3 Å². The molecule has 20 heavy (non-hydrogen) atoms. The van der Waals surface area contributed by atoms with Crippen molar-refractivity contribution in [3.8, 4) is 5.75 Å². The summed E-state index contributed by atoms with van der Waals surface area (Å²) in [4.78, 5) is 2.38. The van der Waals surface area contributed by atoms with Crippen LogP contribution in [0.4, 0.5) is 0 Å². The van der Waals surface area contributed by atoms with Crippen molar-refractivity contribution in [1.29, 1.82) is 0 Å². The lowest BCUT2D eigenvalue weighted by molar-refractivity contribution is 0.0869. The molecule has 1 aromatic rings. The summed E-state index contributed by atoms with van der Waals surface area (Å²) in [5.74, 6) is 0.764. The van der Waals surface area contributed by atoms with E-state index in [9.17, 15) is 5.11 Å². The molecule has 0 spiro atoms. The highest BCUT2D eigenvalue weighted by molar-refractivity contribution is 5.35. The topological polar surface area (TPSA) is 32.7 Å². The summed E-state index contributed by atoms with van der Waals surface area (Å²) in [6.45, 7) is 8.32. The Morgan fingerprint density at radius 3 is 2.55 bits per heavy atom. The number of aliphatic hydroxyl groups excluding tert-OH is 1. The van der Waals surface area contributed by atoms with Crippen LogP contribution in [-0.2, 0) is 0 Å². The number of para-hydroxylation sites is 1. The summed E-state index contributed by atoms with van der Waals surface area (Å²) in [6, 6.07) is 8.21. The van der Waals surface area contributed by atoms with E-state index in [0.29, 0.717) is 12.6 Å². The average molecular weight is 279 g/mol. The van der Waals surface area contributed by atoms with Gasteiger partial charge in [-0.3, -0.25) is 4.90 Å². The molecule has 0 fully saturated rings. The van der Waals surface area contributed by atoms with Gasteiger partial charge in [0.1, 0.15) is 5.75 Å². The van der Waals surface area contributed by atoms with E-state index in [1.54, 1.807) is 7.11 Å². The van der Waals surface area contributed by atoms with Crippen molar-refractivity contribution in [2.75, 3.05) is 20.2 Å². The predicted octanol–water partition coefficient (Wildman–Crippen LogP) is 3.63. The van der Waals surface area contributed by atoms with Gasteiger partial charge < -0.3 is 9.84 Å². The molecular weight excluding hydrogens is 250 g/mol. The monoisotopic (exact) mass is 279 g/mol. The molecule has 2 atom stereocenters. The molecule has 0 aliphatic rings. The molecule has 1 rings (SSSR count). The molecule has 0 amide bonds. The van der Waals surface area contributed by atoms with E-state index in [-0.39, 0.29) is 0 Å². The normalized spacial score (nSPS) is 14.3. The lowest BCUT2D eigenvalue weighted by Crippen LogP contribution is -2.37. The van der Waals surface area contributed by atoms with Crippen LogP contribution in [0.2, 0.25) is 0 Å². The van der Waals surface area contributed by atoms with E-state index >= 15 is 0 Å². The summed E-state index contributed by atoms with van der Waals surface area (Å²) in [5, 5.41) is 10.5. The van der Waals surface area contributed by atoms with Crippen LogP contribution in [-0.4, -0.2) is 36.2 Å². The van der Waals surface area contributed by atoms with Gasteiger partial charge in [0.15, 0.2) is 0 Å². The Balaban J connectivity index is 2.76. The van der Waals surface area contributed by atoms with Crippen molar-refractivity contribution in [3.63, 3.8) is 0 Å². The molecule has 0 bridgehead atoms. The van der Waals surface area contributed by atoms with E-state index in [2.05, 4.69) is 25.7 Å². The maximum Gasteiger partial charge on any atom is 0.124 e. The zero-order chi connectivity index (χ0) is 15.0. The minimum atomic E-state index is -0.503. The number of methoxy groups -OCH3 is 1. The molecule has 3 nitrogen and oxygen atoms in total. The van der Waals surface area contributed by atoms with Gasteiger partial charge in [-0.25, -0.2) is 0 Å². The molecule has 0 heterocycles. The maximum atomic E-state index is 10.5. The third-order valence-electron chi connectivity index (χ3n) is 3.92. The molecular formula is C17H29NO2. The second-order valence-electron chi connectivity index (χ2n) is 5.36. The third-order valence-corrected chi connectivity index (χ3v) is 3.92. The van der Waals surface area contributed by atoms with Gasteiger partial charge >= 0.3 is 0 Å². The van der Waals surface area contributed by atoms with Crippen LogP contribution in [0, 0.1) is 0 Å². The maximum absolute atomic E-state index is 10.5. The van der Waals surface area contributed by atoms with Crippen LogP contribution >= 0.6 is 0 Å². The molecule has 1 N–H and O–H groups in total. The van der Waals surface area contributed by atoms with Gasteiger partial charge in [-0.05, 0) is 32.4 Å². The lowest BCUT2D eigenvalue weighted by Gasteiger charge is -2.30. The smallest absolute Gasteiger partial charge is 0.124 e. The first kappa shape index (κ1) is 17.0. The number of ether oxygens (including phenoxy) is 1. The van der Waals surface area contributed by atoms with Gasteiger partial charge in [0.25, 0.3) is 0 Å². The van der Waals surface area contributed by atoms with Crippen LogP contribution in [0.3, 0.4) is 0 Å². The average Bonchev–Trinajstić information content (AvgIpc) is 2.50. The first-order valence-corrected chi connectivity index (χ1v) is 7.69. The molecule has 0 saturated heterocycles. The first-order chi connectivity index (χ1) is 9.63. The highest BCUT2D eigenvalue weighted by Gasteiger charge is 2.19. The molecule has 114 valence electrons. The largest absolute Gasteiger partial charge is 0.496 e. The fourth-order valence-corrected chi connectivity index (χ4v) is 2.37. The van der Waals surface area contributed by atoms with Crippen molar-refractivity contribution in [1.82, 2.24) is 4.90 Å². The van der Waals surface area contributed by atoms with Crippen LogP contribution in [0.1, 0.15) is 51.7 Å². The Kier molecular flexibility index (Phi) is 7.63. The molecule has 0 aromatic heterocycles. The molecule has 2 unspecified atom stereocenters. The molecule has 0 radical (unpaired) electrons. The Bertz CT molecular complexity index is 381. The summed E-state index contributed by atoms with van der Waals surface area (Å²) in [6.07, 6.45) is 2.94. The number of unbranched alkanes of at least 4 members (excludes halogenated alkanes) is 1. The predicted molar refractivity (Wildman–Crippen MR) is 84.2 cm³/mol. The third kappa shape index (κ3) is 4.80. The summed E-state index contributed by atoms with van der Waals surface area (Å²) >= 11 is 0. The quantitative estimate of drug-likeness (QED) is 0.749. The Morgan fingerprint density at radius 1 is 1.25 bits per heavy atom. The zero-order valence-electron chi connectivity index (χ0n) is 13.3. The number of rotatable bonds is 9. The highest BCUT2D eigenvalue weighted by atomic mass is 16.5. The van der Waals surface area contributed by atoms with Gasteiger partial charge in [-0.2, -0.15) is 0 Å². The lowest BCUT2D eigenvalue weighted by atomic mass is 10.1. The van der Waals surface area contributed by atoms with Gasteiger partial charge in [0.2, 0.25) is 0 Å². The van der Waals surface area contributed by atoms with E-state index < -0.39 is 6.10 Å². The number of hydrogen-bond donors (Lipinski definition) is 1. The van der Waals surface area contributed by atoms with Crippen molar-refractivity contribution in [2.24, 2.45) is 0 Å². The minimum absolute atomic E-state index is 0.492. The fourth-order valence-electron chi connectivity index (χ4n) is 2.37. The number of hydrogen-bond acceptors (Lipinski definition) is 3. The first-order valence-electron chi connectivity index (χ1n) is 7.69. The number of nitrogens with zero attached hydrogens (tertiary/aromatic N) is 1. The van der Waals surface area contributed by atoms with Crippen molar-refractivity contribution < 1.29 is 9.84 Å². The minimum Gasteiger partial charge on any atom is -0.496 e. The van der Waals surface area contributed by atoms with Crippen LogP contribution in [0.5, 0.6) is 5.75 Å². The highest BCUT2D eigenvalue weighted by Crippen LogP contribution is 2.26. The Labute approximate surface area is 123 Å². The van der Waals surface area contributed by atoms with E-state index in [4.69, 9.17) is 4.74 Å². The molecule has 1 aromatic carbocycles. The van der Waals surface area contributed by atoms with Crippen LogP contribution < -0.4 is 4.74 Å². The van der Waals surface area contributed by atoms with Crippen molar-refractivity contribution >= 4 is 0 Å². The molecule has 3 heteroatoms. The van der Waals surface area contributed by atoms with Gasteiger partial charge in [-0.1, -0.05) is 38.5 Å². The summed E-state index contributed by atoms with van der Waals surface area (Å²) < 4.78 is 5.34. The van der Waals surface area contributed by atoms with Crippen molar-refractivity contribution in [3.05, 3.63) is 29.8 Å². The standard InChI is InChI=1S/C17H29NO2/c1-5-7-12-18(14(3)6-2)13-16(19)15-10-8-9-11-17(15)20-4/h8-11,14,16,19H,5-7,12-13H2,1-4H3. The number of benzene rings is 1. The Hall–Kier alpha value is -1.06. The number of aliphatic hydroxyl groups is 1. The zero-order valence-corrected chi connectivity index (χ0v) is 13.3. The molecule has 0 aliphatic carbocycles. The Morgan fingerprint density at radius 2 is 1.95 bits per heavy atom. The van der Waals surface area contributed by atoms with Gasteiger partial charge in [0.05, 0.1) is 13.2 Å². The van der Waals surface area contributed by atoms with E-state index in [0.717, 1.165) is 24.3 Å². The molecule has 0 saturated carbocycles. The van der Waals surface area contributed by atoms with Gasteiger partial charge in [-0.15, -0.1) is 0 Å². The second kappa shape index (κ2) is 8.98. The van der Waals surface area contributed by atoms with Crippen LogP contribution in [0.25, 0.3) is 0 Å². The van der Waals surface area contributed by atoms with E-state index in [1.165, 1.54) is 12.8 Å². The van der Waals surface area contributed by atoms with Crippen molar-refractivity contribution in [2.45, 2.75) is 52.2 Å². The fraction of sp³-hybridized carbons (Fsp3) is 0.647.